The molecule has 0 bridgehead atoms. The molecule has 0 radical (unpaired) electrons. The smallest absolute Gasteiger partial charge is 0.259 e. The molecule has 7 heteroatoms. The maximum atomic E-state index is 13.0. The third kappa shape index (κ3) is 3.06. The zero-order valence-corrected chi connectivity index (χ0v) is 13.8. The molecule has 0 spiro atoms. The predicted octanol–water partition coefficient (Wildman–Crippen LogP) is 3.57. The molecular formula is C19H14FN3O3. The van der Waals surface area contributed by atoms with E-state index in [-0.39, 0.29) is 18.5 Å². The van der Waals surface area contributed by atoms with Gasteiger partial charge in [0.25, 0.3) is 5.91 Å². The third-order valence-corrected chi connectivity index (χ3v) is 3.96. The van der Waals surface area contributed by atoms with Gasteiger partial charge in [0.15, 0.2) is 17.3 Å². The first-order valence-electron chi connectivity index (χ1n) is 7.91. The van der Waals surface area contributed by atoms with Crippen LogP contribution in [0.5, 0.6) is 11.5 Å². The van der Waals surface area contributed by atoms with Gasteiger partial charge in [-0.3, -0.25) is 4.79 Å². The molecule has 4 rings (SSSR count). The lowest BCUT2D eigenvalue weighted by Gasteiger charge is -2.09. The van der Waals surface area contributed by atoms with E-state index >= 15 is 0 Å². The van der Waals surface area contributed by atoms with Crippen LogP contribution in [0.25, 0.3) is 11.4 Å². The number of anilines is 1. The fourth-order valence-electron chi connectivity index (χ4n) is 2.60. The fourth-order valence-corrected chi connectivity index (χ4v) is 2.60. The van der Waals surface area contributed by atoms with E-state index in [2.05, 4.69) is 15.3 Å². The number of benzene rings is 2. The number of carbonyl (C=O) groups excluding carboxylic acids is 1. The highest BCUT2D eigenvalue weighted by Gasteiger charge is 2.16. The molecule has 0 unspecified atom stereocenters. The Hall–Kier alpha value is -3.48. The first kappa shape index (κ1) is 16.0. The molecule has 2 aromatic carbocycles. The lowest BCUT2D eigenvalue weighted by atomic mass is 10.1. The highest BCUT2D eigenvalue weighted by Crippen LogP contribution is 2.34. The number of nitrogens with one attached hydrogen (secondary N) is 1. The minimum Gasteiger partial charge on any atom is -0.454 e. The number of amides is 1. The second kappa shape index (κ2) is 6.44. The van der Waals surface area contributed by atoms with Crippen LogP contribution < -0.4 is 14.8 Å². The van der Waals surface area contributed by atoms with Gasteiger partial charge in [-0.15, -0.1) is 0 Å². The van der Waals surface area contributed by atoms with Crippen LogP contribution in [0.1, 0.15) is 16.1 Å². The molecule has 0 fully saturated rings. The van der Waals surface area contributed by atoms with Crippen LogP contribution in [-0.4, -0.2) is 22.7 Å². The summed E-state index contributed by atoms with van der Waals surface area (Å²) in [6.45, 7) is 1.90. The van der Waals surface area contributed by atoms with E-state index in [0.29, 0.717) is 39.8 Å². The topological polar surface area (TPSA) is 73.3 Å². The summed E-state index contributed by atoms with van der Waals surface area (Å²) in [6, 6.07) is 11.0. The van der Waals surface area contributed by atoms with Gasteiger partial charge >= 0.3 is 0 Å². The van der Waals surface area contributed by atoms with Gasteiger partial charge in [0.2, 0.25) is 6.79 Å². The van der Waals surface area contributed by atoms with Gasteiger partial charge in [-0.2, -0.15) is 0 Å². The Kier molecular flexibility index (Phi) is 3.96. The third-order valence-electron chi connectivity index (χ3n) is 3.96. The largest absolute Gasteiger partial charge is 0.454 e. The summed E-state index contributed by atoms with van der Waals surface area (Å²) in [7, 11) is 0. The molecule has 26 heavy (non-hydrogen) atoms. The quantitative estimate of drug-likeness (QED) is 0.781. The Morgan fingerprint density at radius 3 is 2.65 bits per heavy atom. The summed E-state index contributed by atoms with van der Waals surface area (Å²) < 4.78 is 23.6. The monoisotopic (exact) mass is 351 g/mol. The van der Waals surface area contributed by atoms with Crippen LogP contribution in [0.4, 0.5) is 10.1 Å². The first-order chi connectivity index (χ1) is 12.6. The Morgan fingerprint density at radius 2 is 1.88 bits per heavy atom. The normalized spacial score (nSPS) is 12.1. The van der Waals surface area contributed by atoms with Crippen molar-refractivity contribution in [2.24, 2.45) is 0 Å². The Balaban J connectivity index is 1.55. The van der Waals surface area contributed by atoms with Crippen molar-refractivity contribution in [2.75, 3.05) is 12.1 Å². The number of fused-ring (bicyclic) bond motifs is 1. The molecule has 0 aliphatic carbocycles. The summed E-state index contributed by atoms with van der Waals surface area (Å²) in [5.74, 6) is 1.01. The van der Waals surface area contributed by atoms with Crippen LogP contribution in [0, 0.1) is 12.7 Å². The standard InChI is InChI=1S/C19H14FN3O3/c1-11-15(9-21-18(22-11)12-2-4-13(20)5-3-12)19(24)23-14-6-7-16-17(8-14)26-10-25-16/h2-9H,10H2,1H3,(H,23,24). The zero-order valence-electron chi connectivity index (χ0n) is 13.8. The number of ether oxygens (including phenoxy) is 2. The fraction of sp³-hybridized carbons (Fsp3) is 0.105. The van der Waals surface area contributed by atoms with Gasteiger partial charge in [0.1, 0.15) is 5.82 Å². The molecule has 1 aliphatic rings. The van der Waals surface area contributed by atoms with Crippen molar-refractivity contribution in [3.05, 3.63) is 65.7 Å². The molecule has 1 aromatic heterocycles. The summed E-state index contributed by atoms with van der Waals surface area (Å²) in [6.07, 6.45) is 1.46. The molecule has 3 aromatic rings. The van der Waals surface area contributed by atoms with E-state index in [1.807, 2.05) is 0 Å². The minimum atomic E-state index is -0.329. The highest BCUT2D eigenvalue weighted by molar-refractivity contribution is 6.05. The molecule has 130 valence electrons. The number of hydrogen-bond acceptors (Lipinski definition) is 5. The van der Waals surface area contributed by atoms with Crippen molar-refractivity contribution < 1.29 is 18.7 Å². The molecule has 1 amide bonds. The molecule has 1 N–H and O–H groups in total. The average Bonchev–Trinajstić information content (AvgIpc) is 3.10. The second-order valence-electron chi connectivity index (χ2n) is 5.72. The summed E-state index contributed by atoms with van der Waals surface area (Å²) in [5, 5.41) is 2.79. The number of nitrogens with zero attached hydrogens (tertiary/aromatic N) is 2. The number of rotatable bonds is 3. The molecule has 6 nitrogen and oxygen atoms in total. The number of halogens is 1. The first-order valence-corrected chi connectivity index (χ1v) is 7.91. The van der Waals surface area contributed by atoms with Gasteiger partial charge < -0.3 is 14.8 Å². The van der Waals surface area contributed by atoms with Crippen molar-refractivity contribution >= 4 is 11.6 Å². The van der Waals surface area contributed by atoms with Crippen molar-refractivity contribution in [3.8, 4) is 22.9 Å². The second-order valence-corrected chi connectivity index (χ2v) is 5.72. The van der Waals surface area contributed by atoms with Crippen molar-refractivity contribution in [2.45, 2.75) is 6.92 Å². The van der Waals surface area contributed by atoms with E-state index in [0.717, 1.165) is 0 Å². The number of aryl methyl sites for hydroxylation is 1. The van der Waals surface area contributed by atoms with E-state index < -0.39 is 0 Å². The Bertz CT molecular complexity index is 990. The van der Waals surface area contributed by atoms with Crippen LogP contribution in [0.2, 0.25) is 0 Å². The van der Waals surface area contributed by atoms with E-state index in [1.54, 1.807) is 37.3 Å². The van der Waals surface area contributed by atoms with Gasteiger partial charge in [0.05, 0.1) is 11.3 Å². The number of aromatic nitrogens is 2. The average molecular weight is 351 g/mol. The molecule has 0 saturated carbocycles. The molecular weight excluding hydrogens is 337 g/mol. The van der Waals surface area contributed by atoms with Crippen molar-refractivity contribution in [3.63, 3.8) is 0 Å². The predicted molar refractivity (Wildman–Crippen MR) is 92.7 cm³/mol. The Labute approximate surface area is 148 Å². The van der Waals surface area contributed by atoms with Crippen LogP contribution in [-0.2, 0) is 0 Å². The van der Waals surface area contributed by atoms with Crippen molar-refractivity contribution in [1.29, 1.82) is 0 Å². The van der Waals surface area contributed by atoms with Crippen LogP contribution in [0.15, 0.2) is 48.7 Å². The lowest BCUT2D eigenvalue weighted by Crippen LogP contribution is -2.15. The molecule has 0 atom stereocenters. The zero-order chi connectivity index (χ0) is 18.1. The SMILES string of the molecule is Cc1nc(-c2ccc(F)cc2)ncc1C(=O)Nc1ccc2c(c1)OCO2. The molecule has 0 saturated heterocycles. The molecule has 2 heterocycles. The minimum absolute atomic E-state index is 0.171. The van der Waals surface area contributed by atoms with Gasteiger partial charge in [-0.1, -0.05) is 0 Å². The number of carbonyl (C=O) groups is 1. The van der Waals surface area contributed by atoms with E-state index in [1.165, 1.54) is 18.3 Å². The molecule has 1 aliphatic heterocycles. The highest BCUT2D eigenvalue weighted by atomic mass is 19.1. The maximum absolute atomic E-state index is 13.0. The van der Waals surface area contributed by atoms with E-state index in [9.17, 15) is 9.18 Å². The van der Waals surface area contributed by atoms with Crippen molar-refractivity contribution in [1.82, 2.24) is 9.97 Å². The summed E-state index contributed by atoms with van der Waals surface area (Å²) in [5.41, 5.74) is 2.14. The lowest BCUT2D eigenvalue weighted by molar-refractivity contribution is 0.102. The van der Waals surface area contributed by atoms with Crippen LogP contribution >= 0.6 is 0 Å². The summed E-state index contributed by atoms with van der Waals surface area (Å²) in [4.78, 5) is 21.1. The van der Waals surface area contributed by atoms with Gasteiger partial charge in [-0.05, 0) is 43.3 Å². The van der Waals surface area contributed by atoms with Gasteiger partial charge in [-0.25, -0.2) is 14.4 Å². The van der Waals surface area contributed by atoms with Gasteiger partial charge in [0, 0.05) is 23.5 Å². The summed E-state index contributed by atoms with van der Waals surface area (Å²) >= 11 is 0. The van der Waals surface area contributed by atoms with Crippen LogP contribution in [0.3, 0.4) is 0 Å². The number of hydrogen-bond donors (Lipinski definition) is 1. The van der Waals surface area contributed by atoms with E-state index in [4.69, 9.17) is 9.47 Å². The Morgan fingerprint density at radius 1 is 1.12 bits per heavy atom. The maximum Gasteiger partial charge on any atom is 0.259 e.